The third kappa shape index (κ3) is 8.98. The largest absolute Gasteiger partial charge is 0.463 e. The molecule has 1 aliphatic heterocycles. The Kier molecular flexibility index (Phi) is 12.0. The number of hydrogen-bond acceptors (Lipinski definition) is 7. The normalized spacial score (nSPS) is 16.6. The second-order valence-corrected chi connectivity index (χ2v) is 12.2. The zero-order valence-electron chi connectivity index (χ0n) is 27.5. The van der Waals surface area contributed by atoms with Crippen LogP contribution in [0.5, 0.6) is 0 Å². The van der Waals surface area contributed by atoms with Crippen LogP contribution in [0.4, 0.5) is 4.79 Å². The number of ether oxygens (including phenoxy) is 3. The van der Waals surface area contributed by atoms with Gasteiger partial charge in [-0.05, 0) is 48.9 Å². The van der Waals surface area contributed by atoms with Crippen molar-refractivity contribution in [3.05, 3.63) is 119 Å². The molecule has 248 valence electrons. The number of nitrogens with zero attached hydrogens (tertiary/aromatic N) is 1. The number of furan rings is 1. The van der Waals surface area contributed by atoms with E-state index in [0.717, 1.165) is 39.1 Å². The lowest BCUT2D eigenvalue weighted by Crippen LogP contribution is -2.44. The number of imide groups is 1. The lowest BCUT2D eigenvalue weighted by molar-refractivity contribution is -0.137. The topological polar surface area (TPSA) is 98.4 Å². The molecule has 4 aromatic rings. The molecule has 5 rings (SSSR count). The van der Waals surface area contributed by atoms with E-state index in [1.807, 2.05) is 91.9 Å². The number of aliphatic hydroxyl groups is 1. The van der Waals surface area contributed by atoms with Crippen LogP contribution in [0.15, 0.2) is 95.4 Å². The van der Waals surface area contributed by atoms with Crippen molar-refractivity contribution >= 4 is 12.0 Å². The van der Waals surface area contributed by atoms with Gasteiger partial charge in [-0.2, -0.15) is 0 Å². The Bertz CT molecular complexity index is 1590. The molecule has 47 heavy (non-hydrogen) atoms. The van der Waals surface area contributed by atoms with E-state index in [1.165, 1.54) is 0 Å². The van der Waals surface area contributed by atoms with Crippen molar-refractivity contribution in [2.75, 3.05) is 19.8 Å². The zero-order valence-corrected chi connectivity index (χ0v) is 27.5. The van der Waals surface area contributed by atoms with Gasteiger partial charge in [0.25, 0.3) is 0 Å². The number of carbonyl (C=O) groups is 2. The quantitative estimate of drug-likeness (QED) is 0.127. The first-order chi connectivity index (χ1) is 22.8. The Labute approximate surface area is 277 Å². The Morgan fingerprint density at radius 3 is 2.43 bits per heavy atom. The summed E-state index contributed by atoms with van der Waals surface area (Å²) in [5.74, 6) is -0.438. The maximum Gasteiger partial charge on any atom is 0.416 e. The van der Waals surface area contributed by atoms with E-state index in [4.69, 9.17) is 18.6 Å². The third-order valence-corrected chi connectivity index (χ3v) is 8.60. The van der Waals surface area contributed by atoms with Crippen LogP contribution in [0.3, 0.4) is 0 Å². The molecule has 1 fully saturated rings. The zero-order chi connectivity index (χ0) is 33.2. The molecule has 0 spiro atoms. The van der Waals surface area contributed by atoms with Gasteiger partial charge >= 0.3 is 6.09 Å². The summed E-state index contributed by atoms with van der Waals surface area (Å²) in [6.45, 7) is 7.41. The van der Waals surface area contributed by atoms with Crippen molar-refractivity contribution in [1.29, 1.82) is 0 Å². The monoisotopic (exact) mass is 639 g/mol. The Morgan fingerprint density at radius 1 is 1.00 bits per heavy atom. The van der Waals surface area contributed by atoms with E-state index in [2.05, 4.69) is 13.0 Å². The summed E-state index contributed by atoms with van der Waals surface area (Å²) < 4.78 is 23.6. The van der Waals surface area contributed by atoms with Crippen molar-refractivity contribution in [2.45, 2.75) is 71.3 Å². The molecule has 0 radical (unpaired) electrons. The van der Waals surface area contributed by atoms with Crippen LogP contribution >= 0.6 is 0 Å². The van der Waals surface area contributed by atoms with Crippen LogP contribution in [0.1, 0.15) is 61.0 Å². The summed E-state index contributed by atoms with van der Waals surface area (Å²) in [4.78, 5) is 27.4. The van der Waals surface area contributed by atoms with Crippen molar-refractivity contribution < 1.29 is 33.3 Å². The molecule has 8 heteroatoms. The predicted octanol–water partition coefficient (Wildman–Crippen LogP) is 7.46. The van der Waals surface area contributed by atoms with Gasteiger partial charge in [-0.15, -0.1) is 0 Å². The molecule has 1 N–H and O–H groups in total. The van der Waals surface area contributed by atoms with Gasteiger partial charge in [0.05, 0.1) is 31.3 Å². The van der Waals surface area contributed by atoms with E-state index >= 15 is 0 Å². The second kappa shape index (κ2) is 16.5. The molecule has 4 atom stereocenters. The summed E-state index contributed by atoms with van der Waals surface area (Å²) >= 11 is 0. The number of aryl methyl sites for hydroxylation is 2. The molecule has 0 bridgehead atoms. The number of cyclic esters (lactones) is 1. The number of carbonyl (C=O) groups excluding carboxylic acids is 2. The highest BCUT2D eigenvalue weighted by Crippen LogP contribution is 2.35. The van der Waals surface area contributed by atoms with E-state index in [0.29, 0.717) is 44.8 Å². The van der Waals surface area contributed by atoms with Gasteiger partial charge in [-0.25, -0.2) is 9.69 Å². The van der Waals surface area contributed by atoms with Crippen molar-refractivity contribution in [3.8, 4) is 11.1 Å². The molecule has 1 aliphatic rings. The van der Waals surface area contributed by atoms with Gasteiger partial charge in [-0.3, -0.25) is 4.79 Å². The van der Waals surface area contributed by atoms with Gasteiger partial charge in [0.2, 0.25) is 5.91 Å². The molecule has 1 aromatic heterocycles. The number of aliphatic hydroxyl groups excluding tert-OH is 1. The van der Waals surface area contributed by atoms with Crippen molar-refractivity contribution in [1.82, 2.24) is 4.90 Å². The van der Waals surface area contributed by atoms with Crippen molar-refractivity contribution in [3.63, 3.8) is 0 Å². The first-order valence-corrected chi connectivity index (χ1v) is 16.5. The van der Waals surface area contributed by atoms with Crippen LogP contribution < -0.4 is 0 Å². The minimum Gasteiger partial charge on any atom is -0.463 e. The summed E-state index contributed by atoms with van der Waals surface area (Å²) in [6.07, 6.45) is 0.666. The van der Waals surface area contributed by atoms with Crippen LogP contribution in [0.2, 0.25) is 0 Å². The van der Waals surface area contributed by atoms with Crippen LogP contribution in [0.25, 0.3) is 11.1 Å². The van der Waals surface area contributed by atoms with Crippen LogP contribution in [-0.4, -0.2) is 54.0 Å². The number of amides is 2. The summed E-state index contributed by atoms with van der Waals surface area (Å²) in [6, 6.07) is 29.2. The van der Waals surface area contributed by atoms with Gasteiger partial charge in [0.1, 0.15) is 24.2 Å². The van der Waals surface area contributed by atoms with Gasteiger partial charge in [0, 0.05) is 18.6 Å². The molecule has 2 amide bonds. The van der Waals surface area contributed by atoms with E-state index in [1.54, 1.807) is 6.92 Å². The Balaban J connectivity index is 1.23. The minimum atomic E-state index is -1.26. The fourth-order valence-electron chi connectivity index (χ4n) is 5.83. The summed E-state index contributed by atoms with van der Waals surface area (Å²) in [5, 5.41) is 11.4. The van der Waals surface area contributed by atoms with Gasteiger partial charge in [0.15, 0.2) is 0 Å². The average Bonchev–Trinajstić information content (AvgIpc) is 3.69. The SMILES string of the molecule is CC[C@H](COCCCc1oc([C@@H](O)[C@H](C)C(=O)N2C(=O)OC[C@@H]2Cc2ccccc2)cc1-c1cccc(C)c1)OCc1ccccc1. The number of hydrogen-bond donors (Lipinski definition) is 1. The van der Waals surface area contributed by atoms with Gasteiger partial charge < -0.3 is 23.7 Å². The fourth-order valence-corrected chi connectivity index (χ4v) is 5.83. The predicted molar refractivity (Wildman–Crippen MR) is 180 cm³/mol. The third-order valence-electron chi connectivity index (χ3n) is 8.60. The lowest BCUT2D eigenvalue weighted by atomic mass is 9.97. The molecule has 1 saturated heterocycles. The maximum absolute atomic E-state index is 13.6. The summed E-state index contributed by atoms with van der Waals surface area (Å²) in [5.41, 5.74) is 5.06. The fraction of sp³-hybridized carbons (Fsp3) is 0.385. The lowest BCUT2D eigenvalue weighted by Gasteiger charge is -2.25. The molecule has 0 saturated carbocycles. The molecule has 0 aliphatic carbocycles. The molecule has 0 unspecified atom stereocenters. The van der Waals surface area contributed by atoms with Crippen LogP contribution in [-0.2, 0) is 38.5 Å². The smallest absolute Gasteiger partial charge is 0.416 e. The van der Waals surface area contributed by atoms with E-state index in [-0.39, 0.29) is 18.5 Å². The highest BCUT2D eigenvalue weighted by atomic mass is 16.6. The van der Waals surface area contributed by atoms with Crippen LogP contribution in [0, 0.1) is 12.8 Å². The molecule has 3 aromatic carbocycles. The first kappa shape index (κ1) is 34.1. The molecular formula is C39H45NO7. The molecular weight excluding hydrogens is 594 g/mol. The Morgan fingerprint density at radius 2 is 1.72 bits per heavy atom. The highest BCUT2D eigenvalue weighted by molar-refractivity contribution is 5.95. The Hall–Kier alpha value is -4.24. The standard InChI is InChI=1S/C39H45NO7/c1-4-33(45-24-30-16-9-6-10-17-30)26-44-20-12-19-35-34(31-18-11-13-27(2)21-31)23-36(47-35)37(41)28(3)38(42)40-32(25-46-39(40)43)22-29-14-7-5-8-15-29/h5-11,13-18,21,23,28,32-33,37,41H,4,12,19-20,22,24-26H2,1-3H3/t28-,32-,33+,37-/m0/s1. The highest BCUT2D eigenvalue weighted by Gasteiger charge is 2.42. The number of benzene rings is 3. The first-order valence-electron chi connectivity index (χ1n) is 16.5. The van der Waals surface area contributed by atoms with Crippen molar-refractivity contribution in [2.24, 2.45) is 5.92 Å². The molecule has 8 nitrogen and oxygen atoms in total. The van der Waals surface area contributed by atoms with E-state index < -0.39 is 30.1 Å². The average molecular weight is 640 g/mol. The maximum atomic E-state index is 13.6. The summed E-state index contributed by atoms with van der Waals surface area (Å²) in [7, 11) is 0. The van der Waals surface area contributed by atoms with E-state index in [9.17, 15) is 14.7 Å². The second-order valence-electron chi connectivity index (χ2n) is 12.2. The molecule has 2 heterocycles. The van der Waals surface area contributed by atoms with Gasteiger partial charge in [-0.1, -0.05) is 104 Å². The minimum absolute atomic E-state index is 0.00243. The number of rotatable bonds is 16.